The minimum atomic E-state index is -0.693. The zero-order chi connectivity index (χ0) is 36.6. The van der Waals surface area contributed by atoms with Crippen LogP contribution in [0.1, 0.15) is 55.9 Å². The Bertz CT molecular complexity index is 1860. The van der Waals surface area contributed by atoms with Crippen LogP contribution in [0.15, 0.2) is 85.1 Å². The van der Waals surface area contributed by atoms with E-state index in [1.165, 1.54) is 22.3 Å². The molecule has 3 aromatic carbocycles. The lowest BCUT2D eigenvalue weighted by molar-refractivity contribution is 0.0837. The predicted molar refractivity (Wildman–Crippen MR) is 205 cm³/mol. The molecule has 11 heteroatoms. The van der Waals surface area contributed by atoms with Crippen molar-refractivity contribution in [3.05, 3.63) is 119 Å². The van der Waals surface area contributed by atoms with Crippen LogP contribution in [0, 0.1) is 0 Å². The lowest BCUT2D eigenvalue weighted by atomic mass is 9.95. The van der Waals surface area contributed by atoms with Gasteiger partial charge in [0.05, 0.1) is 12.2 Å². The molecule has 4 aromatic rings. The number of carbonyl (C=O) groups is 2. The number of anilines is 1. The number of pyridine rings is 1. The van der Waals surface area contributed by atoms with E-state index < -0.39 is 12.2 Å². The first-order valence-corrected chi connectivity index (χ1v) is 18.8. The van der Waals surface area contributed by atoms with E-state index in [4.69, 9.17) is 4.74 Å². The van der Waals surface area contributed by atoms with E-state index in [1.807, 2.05) is 30.3 Å². The average Bonchev–Trinajstić information content (AvgIpc) is 3.19. The van der Waals surface area contributed by atoms with Crippen molar-refractivity contribution >= 4 is 17.5 Å². The fourth-order valence-corrected chi connectivity index (χ4v) is 7.52. The molecule has 2 amide bonds. The first kappa shape index (κ1) is 36.7. The van der Waals surface area contributed by atoms with E-state index in [-0.39, 0.29) is 24.9 Å². The van der Waals surface area contributed by atoms with E-state index in [0.717, 1.165) is 81.9 Å². The smallest absolute Gasteiger partial charge is 0.269 e. The summed E-state index contributed by atoms with van der Waals surface area (Å²) in [7, 11) is 0. The lowest BCUT2D eigenvalue weighted by Crippen LogP contribution is -2.42. The largest absolute Gasteiger partial charge is 0.390 e. The molecule has 0 saturated carbocycles. The maximum absolute atomic E-state index is 12.9. The quantitative estimate of drug-likeness (QED) is 0.140. The second kappa shape index (κ2) is 17.5. The number of nitrogens with zero attached hydrogens (tertiary/aromatic N) is 3. The summed E-state index contributed by atoms with van der Waals surface area (Å²) in [6.45, 7) is 6.02. The highest BCUT2D eigenvalue weighted by atomic mass is 16.5. The summed E-state index contributed by atoms with van der Waals surface area (Å²) < 4.78 is 5.44. The van der Waals surface area contributed by atoms with E-state index in [9.17, 15) is 19.8 Å². The third-order valence-corrected chi connectivity index (χ3v) is 10.5. The molecule has 1 aromatic heterocycles. The fraction of sp³-hybridized carbons (Fsp3) is 0.405. The van der Waals surface area contributed by atoms with Gasteiger partial charge < -0.3 is 30.9 Å². The molecule has 1 saturated heterocycles. The molecule has 11 nitrogen and oxygen atoms in total. The minimum absolute atomic E-state index is 0.164. The number of rotatable bonds is 13. The van der Waals surface area contributed by atoms with E-state index >= 15 is 0 Å². The normalized spacial score (nSPS) is 17.6. The van der Waals surface area contributed by atoms with Crippen molar-refractivity contribution in [2.45, 2.75) is 57.0 Å². The van der Waals surface area contributed by atoms with Gasteiger partial charge in [0.1, 0.15) is 5.69 Å². The second-order valence-electron chi connectivity index (χ2n) is 14.5. The Morgan fingerprint density at radius 2 is 1.40 bits per heavy atom. The van der Waals surface area contributed by atoms with Crippen molar-refractivity contribution in [2.75, 3.05) is 57.8 Å². The molecule has 7 rings (SSSR count). The Balaban J connectivity index is 0.842. The van der Waals surface area contributed by atoms with Gasteiger partial charge in [-0.3, -0.25) is 24.4 Å². The Morgan fingerprint density at radius 1 is 0.736 bits per heavy atom. The van der Waals surface area contributed by atoms with Gasteiger partial charge in [0, 0.05) is 94.6 Å². The van der Waals surface area contributed by atoms with Crippen LogP contribution in [-0.2, 0) is 30.7 Å². The van der Waals surface area contributed by atoms with Gasteiger partial charge in [-0.05, 0) is 77.8 Å². The minimum Gasteiger partial charge on any atom is -0.390 e. The van der Waals surface area contributed by atoms with Crippen molar-refractivity contribution in [3.8, 4) is 11.1 Å². The standard InChI is InChI=1S/C42H50N6O5/c49-38(23-44-41(51)32-6-3-7-37(21-32)46-36-14-18-53-19-15-36)27-48-17-13-31-20-30(8-9-35(31)26-48)33-10-11-40(43-22-33)42(52)45-24-39(50)28-47-16-12-29-4-1-2-5-34(29)25-47/h1-11,20-22,36,38-39,46,49-50H,12-19,23-28H2,(H,44,51)(H,45,52). The van der Waals surface area contributed by atoms with Gasteiger partial charge in [0.15, 0.2) is 0 Å². The zero-order valence-corrected chi connectivity index (χ0v) is 30.2. The van der Waals surface area contributed by atoms with Crippen LogP contribution >= 0.6 is 0 Å². The van der Waals surface area contributed by atoms with Gasteiger partial charge in [-0.15, -0.1) is 0 Å². The number of β-amino-alcohol motifs (C(OH)–C–C–N with tert-alkyl or cyclic N) is 2. The summed E-state index contributed by atoms with van der Waals surface area (Å²) in [6, 6.07) is 26.2. The lowest BCUT2D eigenvalue weighted by Gasteiger charge is -2.30. The SMILES string of the molecule is O=C(NCC(O)CN1CCc2cc(-c3ccc(C(=O)NCC(O)CN4CCc5ccccc5C4)nc3)ccc2C1)c1cccc(NC2CCOCC2)c1. The molecule has 1 fully saturated rings. The van der Waals surface area contributed by atoms with Gasteiger partial charge in [-0.25, -0.2) is 0 Å². The van der Waals surface area contributed by atoms with Gasteiger partial charge in [0.25, 0.3) is 11.8 Å². The average molecular weight is 719 g/mol. The topological polar surface area (TPSA) is 139 Å². The number of hydrogen-bond donors (Lipinski definition) is 5. The molecule has 3 aliphatic rings. The summed E-state index contributed by atoms with van der Waals surface area (Å²) in [4.78, 5) is 34.6. The third-order valence-electron chi connectivity index (χ3n) is 10.5. The Morgan fingerprint density at radius 3 is 2.11 bits per heavy atom. The second-order valence-corrected chi connectivity index (χ2v) is 14.5. The van der Waals surface area contributed by atoms with Gasteiger partial charge in [0.2, 0.25) is 0 Å². The Kier molecular flexibility index (Phi) is 12.1. The highest BCUT2D eigenvalue weighted by Gasteiger charge is 2.22. The number of carbonyl (C=O) groups excluding carboxylic acids is 2. The molecule has 4 heterocycles. The number of aromatic nitrogens is 1. The number of hydrogen-bond acceptors (Lipinski definition) is 9. The zero-order valence-electron chi connectivity index (χ0n) is 30.2. The van der Waals surface area contributed by atoms with Crippen molar-refractivity contribution in [1.29, 1.82) is 0 Å². The first-order valence-electron chi connectivity index (χ1n) is 18.8. The fourth-order valence-electron chi connectivity index (χ4n) is 7.52. The number of ether oxygens (including phenoxy) is 1. The number of aliphatic hydroxyl groups is 2. The number of fused-ring (bicyclic) bond motifs is 2. The van der Waals surface area contributed by atoms with Gasteiger partial charge in [-0.1, -0.05) is 54.6 Å². The van der Waals surface area contributed by atoms with Gasteiger partial charge >= 0.3 is 0 Å². The highest BCUT2D eigenvalue weighted by molar-refractivity contribution is 5.95. The molecule has 3 aliphatic heterocycles. The van der Waals surface area contributed by atoms with Crippen LogP contribution in [0.25, 0.3) is 11.1 Å². The maximum atomic E-state index is 12.9. The number of aliphatic hydroxyl groups excluding tert-OH is 2. The first-order chi connectivity index (χ1) is 25.9. The Hall–Kier alpha value is -4.65. The number of amides is 2. The Labute approximate surface area is 311 Å². The molecule has 5 N–H and O–H groups in total. The van der Waals surface area contributed by atoms with Crippen molar-refractivity contribution in [1.82, 2.24) is 25.4 Å². The summed E-state index contributed by atoms with van der Waals surface area (Å²) in [5.41, 5.74) is 8.88. The van der Waals surface area contributed by atoms with E-state index in [0.29, 0.717) is 30.4 Å². The summed E-state index contributed by atoms with van der Waals surface area (Å²) in [5.74, 6) is -0.507. The van der Waals surface area contributed by atoms with Crippen LogP contribution in [0.5, 0.6) is 0 Å². The number of benzene rings is 3. The summed E-state index contributed by atoms with van der Waals surface area (Å²) >= 11 is 0. The molecule has 0 aliphatic carbocycles. The molecule has 0 bridgehead atoms. The van der Waals surface area contributed by atoms with E-state index in [1.54, 1.807) is 18.3 Å². The highest BCUT2D eigenvalue weighted by Crippen LogP contribution is 2.27. The molecule has 2 atom stereocenters. The monoisotopic (exact) mass is 718 g/mol. The van der Waals surface area contributed by atoms with Gasteiger partial charge in [-0.2, -0.15) is 0 Å². The van der Waals surface area contributed by atoms with Crippen LogP contribution in [0.3, 0.4) is 0 Å². The molecule has 0 spiro atoms. The van der Waals surface area contributed by atoms with Crippen molar-refractivity contribution < 1.29 is 24.5 Å². The molecular weight excluding hydrogens is 668 g/mol. The molecule has 278 valence electrons. The van der Waals surface area contributed by atoms with Crippen LogP contribution in [0.4, 0.5) is 5.69 Å². The molecule has 53 heavy (non-hydrogen) atoms. The predicted octanol–water partition coefficient (Wildman–Crippen LogP) is 3.64. The summed E-state index contributed by atoms with van der Waals surface area (Å²) in [6.07, 6.45) is 4.06. The summed E-state index contributed by atoms with van der Waals surface area (Å²) in [5, 5.41) is 30.6. The van der Waals surface area contributed by atoms with Crippen molar-refractivity contribution in [2.24, 2.45) is 0 Å². The van der Waals surface area contributed by atoms with E-state index in [2.05, 4.69) is 67.1 Å². The third kappa shape index (κ3) is 9.87. The maximum Gasteiger partial charge on any atom is 0.269 e. The van der Waals surface area contributed by atoms with Crippen LogP contribution < -0.4 is 16.0 Å². The van der Waals surface area contributed by atoms with Crippen molar-refractivity contribution in [3.63, 3.8) is 0 Å². The number of nitrogens with one attached hydrogen (secondary N) is 3. The van der Waals surface area contributed by atoms with Crippen LogP contribution in [0.2, 0.25) is 0 Å². The molecular formula is C42H50N6O5. The molecule has 2 unspecified atom stereocenters. The van der Waals surface area contributed by atoms with Crippen LogP contribution in [-0.4, -0.2) is 108 Å². The molecule has 0 radical (unpaired) electrons.